The highest BCUT2D eigenvalue weighted by atomic mass is 32.2. The molecule has 2 aromatic carbocycles. The molecular weight excluding hydrogens is 452 g/mol. The summed E-state index contributed by atoms with van der Waals surface area (Å²) < 4.78 is 34.9. The summed E-state index contributed by atoms with van der Waals surface area (Å²) in [5.41, 5.74) is 1.36. The normalized spacial score (nSPS) is 16.2. The number of fused-ring (bicyclic) bond motifs is 1. The van der Waals surface area contributed by atoms with Crippen LogP contribution in [0.1, 0.15) is 33.6 Å². The molecule has 1 atom stereocenters. The first-order chi connectivity index (χ1) is 15.3. The van der Waals surface area contributed by atoms with E-state index in [9.17, 15) is 18.0 Å². The highest BCUT2D eigenvalue weighted by Crippen LogP contribution is 2.32. The second-order valence-electron chi connectivity index (χ2n) is 7.52. The first-order valence-electron chi connectivity index (χ1n) is 9.99. The van der Waals surface area contributed by atoms with E-state index in [0.717, 1.165) is 19.1 Å². The van der Waals surface area contributed by atoms with E-state index in [1.54, 1.807) is 41.3 Å². The molecule has 0 saturated carbocycles. The van der Waals surface area contributed by atoms with Crippen molar-refractivity contribution in [2.45, 2.75) is 23.8 Å². The van der Waals surface area contributed by atoms with Crippen LogP contribution >= 0.6 is 11.3 Å². The van der Waals surface area contributed by atoms with E-state index in [4.69, 9.17) is 9.47 Å². The monoisotopic (exact) mass is 474 g/mol. The first-order valence-corrected chi connectivity index (χ1v) is 12.7. The number of carbonyl (C=O) groups is 2. The molecule has 1 unspecified atom stereocenters. The van der Waals surface area contributed by atoms with Gasteiger partial charge in [-0.15, -0.1) is 0 Å². The first kappa shape index (κ1) is 22.4. The Bertz CT molecular complexity index is 1260. The summed E-state index contributed by atoms with van der Waals surface area (Å²) in [6, 6.07) is 11.0. The average molecular weight is 475 g/mol. The Kier molecular flexibility index (Phi) is 6.27. The van der Waals surface area contributed by atoms with Crippen molar-refractivity contribution in [1.82, 2.24) is 4.98 Å². The van der Waals surface area contributed by atoms with Crippen molar-refractivity contribution in [2.24, 2.45) is 0 Å². The molecule has 4 rings (SSSR count). The molecule has 1 amide bonds. The Morgan fingerprint density at radius 2 is 1.91 bits per heavy atom. The Balaban J connectivity index is 1.70. The second kappa shape index (κ2) is 8.97. The van der Waals surface area contributed by atoms with Crippen LogP contribution in [0, 0.1) is 0 Å². The predicted octanol–water partition coefficient (Wildman–Crippen LogP) is 3.31. The SMILES string of the molecule is COC(=O)c1ccc(C(=O)N(CC2CCCO2)c2nc3ccc(S(C)(=O)=O)cc3s2)cc1. The number of benzene rings is 2. The summed E-state index contributed by atoms with van der Waals surface area (Å²) >= 11 is 1.25. The van der Waals surface area contributed by atoms with Crippen molar-refractivity contribution in [3.05, 3.63) is 53.6 Å². The van der Waals surface area contributed by atoms with Gasteiger partial charge in [0, 0.05) is 18.4 Å². The molecule has 1 aliphatic heterocycles. The number of aromatic nitrogens is 1. The van der Waals surface area contributed by atoms with E-state index in [2.05, 4.69) is 4.98 Å². The van der Waals surface area contributed by atoms with E-state index in [-0.39, 0.29) is 16.9 Å². The lowest BCUT2D eigenvalue weighted by molar-refractivity contribution is 0.0600. The number of sulfone groups is 1. The Morgan fingerprint density at radius 1 is 1.19 bits per heavy atom. The summed E-state index contributed by atoms with van der Waals surface area (Å²) in [5.74, 6) is -0.757. The van der Waals surface area contributed by atoms with Crippen molar-refractivity contribution in [1.29, 1.82) is 0 Å². The number of ether oxygens (including phenoxy) is 2. The highest BCUT2D eigenvalue weighted by molar-refractivity contribution is 7.90. The van der Waals surface area contributed by atoms with E-state index in [1.807, 2.05) is 0 Å². The standard InChI is InChI=1S/C22H22N2O6S2/c1-29-21(26)15-7-5-14(6-8-15)20(25)24(13-16-4-3-11-30-16)22-23-18-10-9-17(32(2,27)28)12-19(18)31-22/h5-10,12,16H,3-4,11,13H2,1-2H3. The average Bonchev–Trinajstić information content (AvgIpc) is 3.44. The van der Waals surface area contributed by atoms with Gasteiger partial charge in [-0.05, 0) is 55.3 Å². The van der Waals surface area contributed by atoms with Gasteiger partial charge in [0.25, 0.3) is 5.91 Å². The van der Waals surface area contributed by atoms with Crippen LogP contribution in [-0.4, -0.2) is 57.9 Å². The molecule has 3 aromatic rings. The maximum atomic E-state index is 13.4. The van der Waals surface area contributed by atoms with E-state index >= 15 is 0 Å². The molecule has 10 heteroatoms. The molecular formula is C22H22N2O6S2. The van der Waals surface area contributed by atoms with Crippen LogP contribution in [0.2, 0.25) is 0 Å². The van der Waals surface area contributed by atoms with Gasteiger partial charge < -0.3 is 9.47 Å². The molecule has 8 nitrogen and oxygen atoms in total. The van der Waals surface area contributed by atoms with Gasteiger partial charge in [-0.2, -0.15) is 0 Å². The van der Waals surface area contributed by atoms with Crippen LogP contribution in [0.25, 0.3) is 10.2 Å². The quantitative estimate of drug-likeness (QED) is 0.505. The number of amides is 1. The van der Waals surface area contributed by atoms with E-state index < -0.39 is 15.8 Å². The molecule has 0 spiro atoms. The summed E-state index contributed by atoms with van der Waals surface area (Å²) in [6.45, 7) is 0.981. The number of esters is 1. The number of hydrogen-bond donors (Lipinski definition) is 0. The summed E-state index contributed by atoms with van der Waals surface area (Å²) in [5, 5.41) is 0.461. The fourth-order valence-corrected chi connectivity index (χ4v) is 5.24. The second-order valence-corrected chi connectivity index (χ2v) is 10.5. The lowest BCUT2D eigenvalue weighted by Crippen LogP contribution is -2.37. The van der Waals surface area contributed by atoms with Gasteiger partial charge in [0.1, 0.15) is 0 Å². The Labute approximate surface area is 189 Å². The molecule has 0 N–H and O–H groups in total. The van der Waals surface area contributed by atoms with E-state index in [1.165, 1.54) is 24.5 Å². The highest BCUT2D eigenvalue weighted by Gasteiger charge is 2.27. The topological polar surface area (TPSA) is 103 Å². The largest absolute Gasteiger partial charge is 0.465 e. The van der Waals surface area contributed by atoms with Gasteiger partial charge in [0.05, 0.1) is 40.4 Å². The van der Waals surface area contributed by atoms with Crippen molar-refractivity contribution < 1.29 is 27.5 Å². The van der Waals surface area contributed by atoms with Gasteiger partial charge >= 0.3 is 5.97 Å². The third kappa shape index (κ3) is 4.67. The number of anilines is 1. The van der Waals surface area contributed by atoms with Crippen molar-refractivity contribution >= 4 is 48.4 Å². The van der Waals surface area contributed by atoms with Crippen LogP contribution in [0.15, 0.2) is 47.4 Å². The molecule has 168 valence electrons. The number of nitrogens with zero attached hydrogens (tertiary/aromatic N) is 2. The molecule has 0 bridgehead atoms. The predicted molar refractivity (Wildman–Crippen MR) is 121 cm³/mol. The molecule has 2 heterocycles. The molecule has 1 aliphatic rings. The van der Waals surface area contributed by atoms with Crippen molar-refractivity contribution in [2.75, 3.05) is 31.4 Å². The molecule has 0 radical (unpaired) electrons. The fraction of sp³-hybridized carbons (Fsp3) is 0.318. The third-order valence-corrected chi connectivity index (χ3v) is 7.37. The molecule has 1 saturated heterocycles. The van der Waals surface area contributed by atoms with Gasteiger partial charge in [0.2, 0.25) is 0 Å². The molecule has 32 heavy (non-hydrogen) atoms. The molecule has 1 fully saturated rings. The fourth-order valence-electron chi connectivity index (χ4n) is 3.50. The zero-order chi connectivity index (χ0) is 22.9. The Hall–Kier alpha value is -2.82. The molecule has 0 aliphatic carbocycles. The van der Waals surface area contributed by atoms with Gasteiger partial charge in [-0.1, -0.05) is 11.3 Å². The maximum Gasteiger partial charge on any atom is 0.337 e. The van der Waals surface area contributed by atoms with Crippen LogP contribution < -0.4 is 4.90 Å². The number of rotatable bonds is 6. The van der Waals surface area contributed by atoms with Crippen molar-refractivity contribution in [3.8, 4) is 0 Å². The minimum absolute atomic E-state index is 0.105. The van der Waals surface area contributed by atoms with Crippen molar-refractivity contribution in [3.63, 3.8) is 0 Å². The Morgan fingerprint density at radius 3 is 2.53 bits per heavy atom. The van der Waals surface area contributed by atoms with Gasteiger partial charge in [-0.25, -0.2) is 18.2 Å². The number of carbonyl (C=O) groups excluding carboxylic acids is 2. The maximum absolute atomic E-state index is 13.4. The minimum Gasteiger partial charge on any atom is -0.465 e. The van der Waals surface area contributed by atoms with E-state index in [0.29, 0.717) is 39.6 Å². The smallest absolute Gasteiger partial charge is 0.337 e. The van der Waals surface area contributed by atoms with Gasteiger partial charge in [0.15, 0.2) is 15.0 Å². The lowest BCUT2D eigenvalue weighted by atomic mass is 10.1. The lowest BCUT2D eigenvalue weighted by Gasteiger charge is -2.23. The zero-order valence-electron chi connectivity index (χ0n) is 17.6. The van der Waals surface area contributed by atoms with Crippen LogP contribution in [0.4, 0.5) is 5.13 Å². The van der Waals surface area contributed by atoms with Crippen LogP contribution in [0.5, 0.6) is 0 Å². The summed E-state index contributed by atoms with van der Waals surface area (Å²) in [4.78, 5) is 31.5. The minimum atomic E-state index is -3.36. The van der Waals surface area contributed by atoms with Gasteiger partial charge in [-0.3, -0.25) is 9.69 Å². The van der Waals surface area contributed by atoms with Crippen LogP contribution in [0.3, 0.4) is 0 Å². The summed E-state index contributed by atoms with van der Waals surface area (Å²) in [7, 11) is -2.06. The summed E-state index contributed by atoms with van der Waals surface area (Å²) in [6.07, 6.45) is 2.82. The number of methoxy groups -OCH3 is 1. The number of thiazole rings is 1. The number of hydrogen-bond acceptors (Lipinski definition) is 8. The van der Waals surface area contributed by atoms with Crippen LogP contribution in [-0.2, 0) is 19.3 Å². The molecule has 1 aromatic heterocycles. The third-order valence-electron chi connectivity index (χ3n) is 5.22. The zero-order valence-corrected chi connectivity index (χ0v) is 19.2.